The molecule has 1 aliphatic rings. The molecule has 2 aromatic rings. The number of nitrogens with zero attached hydrogens (tertiary/aromatic N) is 4. The third-order valence-corrected chi connectivity index (χ3v) is 6.87. The third kappa shape index (κ3) is 4.84. The van der Waals surface area contributed by atoms with Crippen LogP contribution in [0.1, 0.15) is 50.3 Å². The van der Waals surface area contributed by atoms with Gasteiger partial charge in [-0.25, -0.2) is 4.99 Å². The van der Waals surface area contributed by atoms with Gasteiger partial charge < -0.3 is 24.7 Å². The normalized spacial score (nSPS) is 20.3. The van der Waals surface area contributed by atoms with Gasteiger partial charge in [-0.3, -0.25) is 0 Å². The molecule has 3 rings (SSSR count). The van der Waals surface area contributed by atoms with Gasteiger partial charge >= 0.3 is 0 Å². The summed E-state index contributed by atoms with van der Waals surface area (Å²) in [5, 5.41) is 15.5. The zero-order valence-electron chi connectivity index (χ0n) is 19.6. The van der Waals surface area contributed by atoms with E-state index in [0.717, 1.165) is 48.2 Å². The summed E-state index contributed by atoms with van der Waals surface area (Å²) in [6.07, 6.45) is 3.39. The van der Waals surface area contributed by atoms with Crippen molar-refractivity contribution in [3.63, 3.8) is 0 Å². The molecule has 2 unspecified atom stereocenters. The second-order valence-corrected chi connectivity index (χ2v) is 8.19. The van der Waals surface area contributed by atoms with Crippen LogP contribution in [0.15, 0.2) is 29.3 Å². The number of methoxy groups -OCH3 is 2. The van der Waals surface area contributed by atoms with E-state index in [1.165, 1.54) is 0 Å². The van der Waals surface area contributed by atoms with E-state index < -0.39 is 0 Å². The Morgan fingerprint density at radius 2 is 1.90 bits per heavy atom. The molecule has 0 amide bonds. The Balaban J connectivity index is 1.75. The summed E-state index contributed by atoms with van der Waals surface area (Å²) in [7, 11) is 5.46. The summed E-state index contributed by atoms with van der Waals surface area (Å²) >= 11 is 0. The minimum atomic E-state index is 0.124. The Morgan fingerprint density at radius 3 is 2.45 bits per heavy atom. The summed E-state index contributed by atoms with van der Waals surface area (Å²) in [5.74, 6) is 3.39. The molecule has 31 heavy (non-hydrogen) atoms. The fraction of sp³-hybridized carbons (Fsp3) is 0.609. The first-order valence-electron chi connectivity index (χ1n) is 11.0. The van der Waals surface area contributed by atoms with E-state index in [1.807, 2.05) is 49.9 Å². The smallest absolute Gasteiger partial charge is 0.192 e. The molecule has 8 nitrogen and oxygen atoms in total. The predicted octanol–water partition coefficient (Wildman–Crippen LogP) is 2.96. The minimum Gasteiger partial charge on any atom is -0.497 e. The average Bonchev–Trinajstić information content (AvgIpc) is 3.11. The number of rotatable bonds is 9. The quantitative estimate of drug-likeness (QED) is 0.472. The number of hydrogen-bond acceptors (Lipinski definition) is 5. The maximum absolute atomic E-state index is 5.76. The molecule has 1 heterocycles. The third-order valence-electron chi connectivity index (χ3n) is 6.87. The summed E-state index contributed by atoms with van der Waals surface area (Å²) in [4.78, 5) is 4.86. The van der Waals surface area contributed by atoms with Crippen molar-refractivity contribution in [3.8, 4) is 5.75 Å². The number of benzene rings is 1. The van der Waals surface area contributed by atoms with Crippen molar-refractivity contribution >= 4 is 5.96 Å². The lowest BCUT2D eigenvalue weighted by atomic mass is 9.58. The van der Waals surface area contributed by atoms with Gasteiger partial charge in [-0.15, -0.1) is 10.2 Å². The lowest BCUT2D eigenvalue weighted by Gasteiger charge is -2.55. The number of ether oxygens (including phenoxy) is 2. The van der Waals surface area contributed by atoms with Crippen molar-refractivity contribution in [3.05, 3.63) is 41.5 Å². The van der Waals surface area contributed by atoms with Gasteiger partial charge in [0.2, 0.25) is 0 Å². The molecule has 1 aromatic carbocycles. The first-order chi connectivity index (χ1) is 15.0. The maximum atomic E-state index is 5.76. The van der Waals surface area contributed by atoms with Crippen LogP contribution in [-0.2, 0) is 24.9 Å². The molecule has 2 N–H and O–H groups in total. The highest BCUT2D eigenvalue weighted by Crippen LogP contribution is 2.48. The summed E-state index contributed by atoms with van der Waals surface area (Å²) < 4.78 is 13.0. The Morgan fingerprint density at radius 1 is 1.19 bits per heavy atom. The lowest BCUT2D eigenvalue weighted by molar-refractivity contribution is -0.118. The Kier molecular flexibility index (Phi) is 7.54. The van der Waals surface area contributed by atoms with Gasteiger partial charge in [0.1, 0.15) is 11.6 Å². The molecule has 1 saturated carbocycles. The highest BCUT2D eigenvalue weighted by atomic mass is 16.5. The molecule has 1 fully saturated rings. The van der Waals surface area contributed by atoms with E-state index in [2.05, 4.69) is 34.7 Å². The van der Waals surface area contributed by atoms with Gasteiger partial charge in [0, 0.05) is 25.6 Å². The Labute approximate surface area is 185 Å². The van der Waals surface area contributed by atoms with E-state index in [4.69, 9.17) is 14.5 Å². The van der Waals surface area contributed by atoms with E-state index in [9.17, 15) is 0 Å². The van der Waals surface area contributed by atoms with Crippen LogP contribution in [0, 0.1) is 12.3 Å². The topological polar surface area (TPSA) is 85.6 Å². The van der Waals surface area contributed by atoms with Gasteiger partial charge in [-0.05, 0) is 43.9 Å². The van der Waals surface area contributed by atoms with Crippen LogP contribution in [0.4, 0.5) is 0 Å². The Bertz CT molecular complexity index is 873. The summed E-state index contributed by atoms with van der Waals surface area (Å²) in [6, 6.07) is 8.32. The van der Waals surface area contributed by atoms with Crippen molar-refractivity contribution in [1.82, 2.24) is 25.4 Å². The molecule has 170 valence electrons. The highest BCUT2D eigenvalue weighted by molar-refractivity contribution is 5.80. The van der Waals surface area contributed by atoms with Crippen molar-refractivity contribution < 1.29 is 9.47 Å². The van der Waals surface area contributed by atoms with Gasteiger partial charge in [-0.1, -0.05) is 26.0 Å². The second-order valence-electron chi connectivity index (χ2n) is 8.19. The molecule has 8 heteroatoms. The number of nitrogens with one attached hydrogen (secondary N) is 2. The van der Waals surface area contributed by atoms with Gasteiger partial charge in [0.25, 0.3) is 0 Å². The van der Waals surface area contributed by atoms with Crippen molar-refractivity contribution in [2.75, 3.05) is 14.2 Å². The predicted molar refractivity (Wildman–Crippen MR) is 122 cm³/mol. The van der Waals surface area contributed by atoms with Crippen molar-refractivity contribution in [1.29, 1.82) is 0 Å². The first-order valence-corrected chi connectivity index (χ1v) is 11.0. The Hall–Kier alpha value is -2.61. The zero-order valence-corrected chi connectivity index (χ0v) is 19.6. The van der Waals surface area contributed by atoms with Gasteiger partial charge in [-0.2, -0.15) is 0 Å². The van der Waals surface area contributed by atoms with Crippen LogP contribution in [0.2, 0.25) is 0 Å². The van der Waals surface area contributed by atoms with Gasteiger partial charge in [0.15, 0.2) is 11.8 Å². The largest absolute Gasteiger partial charge is 0.497 e. The highest BCUT2D eigenvalue weighted by Gasteiger charge is 2.53. The SMILES string of the molecule is CCC1(CC)C(NC(=NCc2ccc(OC)cc2)NCc2nnc(C)n2C)CC1OC. The van der Waals surface area contributed by atoms with Crippen LogP contribution >= 0.6 is 0 Å². The molecule has 0 spiro atoms. The lowest BCUT2D eigenvalue weighted by Crippen LogP contribution is -2.65. The first kappa shape index (κ1) is 23.1. The summed E-state index contributed by atoms with van der Waals surface area (Å²) in [6.45, 7) is 7.56. The van der Waals surface area contributed by atoms with Crippen LogP contribution in [-0.4, -0.2) is 47.1 Å². The van der Waals surface area contributed by atoms with E-state index >= 15 is 0 Å². The number of aromatic nitrogens is 3. The molecular weight excluding hydrogens is 392 g/mol. The summed E-state index contributed by atoms with van der Waals surface area (Å²) in [5.41, 5.74) is 1.25. The molecule has 2 atom stereocenters. The number of hydrogen-bond donors (Lipinski definition) is 2. The fourth-order valence-electron chi connectivity index (χ4n) is 4.47. The van der Waals surface area contributed by atoms with Crippen molar-refractivity contribution in [2.45, 2.75) is 65.3 Å². The van der Waals surface area contributed by atoms with Crippen LogP contribution in [0.25, 0.3) is 0 Å². The minimum absolute atomic E-state index is 0.124. The monoisotopic (exact) mass is 428 g/mol. The molecule has 0 bridgehead atoms. The molecule has 0 saturated heterocycles. The van der Waals surface area contributed by atoms with Crippen molar-refractivity contribution in [2.24, 2.45) is 17.5 Å². The average molecular weight is 429 g/mol. The molecule has 0 radical (unpaired) electrons. The van der Waals surface area contributed by atoms with Crippen LogP contribution in [0.3, 0.4) is 0 Å². The number of aryl methyl sites for hydroxylation is 1. The van der Waals surface area contributed by atoms with Crippen LogP contribution < -0.4 is 15.4 Å². The van der Waals surface area contributed by atoms with E-state index in [-0.39, 0.29) is 11.5 Å². The van der Waals surface area contributed by atoms with E-state index in [0.29, 0.717) is 19.1 Å². The number of guanidine groups is 1. The molecule has 1 aromatic heterocycles. The van der Waals surface area contributed by atoms with Crippen LogP contribution in [0.5, 0.6) is 5.75 Å². The maximum Gasteiger partial charge on any atom is 0.192 e. The molecule has 0 aliphatic heterocycles. The van der Waals surface area contributed by atoms with Gasteiger partial charge in [0.05, 0.1) is 26.3 Å². The number of aliphatic imine (C=N–C) groups is 1. The molecular formula is C23H36N6O2. The standard InChI is InChI=1S/C23H36N6O2/c1-7-23(8-2)19(13-20(23)31-6)26-22(25-15-21-28-27-16(3)29(21)4)24-14-17-9-11-18(30-5)12-10-17/h9-12,19-20H,7-8,13-15H2,1-6H3,(H2,24,25,26). The molecule has 1 aliphatic carbocycles. The zero-order chi connectivity index (χ0) is 22.4. The fourth-order valence-corrected chi connectivity index (χ4v) is 4.47. The second kappa shape index (κ2) is 10.1. The van der Waals surface area contributed by atoms with E-state index in [1.54, 1.807) is 7.11 Å².